The summed E-state index contributed by atoms with van der Waals surface area (Å²) in [4.78, 5) is 8.65. The third kappa shape index (κ3) is 5.74. The molecule has 0 aromatic carbocycles. The predicted molar refractivity (Wildman–Crippen MR) is 93.7 cm³/mol. The average molecular weight is 403 g/mol. The van der Waals surface area contributed by atoms with Crippen molar-refractivity contribution in [2.24, 2.45) is 12.0 Å². The van der Waals surface area contributed by atoms with Crippen LogP contribution in [0.1, 0.15) is 12.7 Å². The lowest BCUT2D eigenvalue weighted by atomic mass is 10.5. The smallest absolute Gasteiger partial charge is 0.191 e. The standard InChI is InChI=1S/C13H21N7.HI/c1-3-14-13(15-6-9-20-7-4-5-8-20)16-10-12-17-11-18-19(12)2;/h4-5,7-8,11H,3,6,9-10H2,1-2H3,(H2,14,15,16);1H. The van der Waals surface area contributed by atoms with E-state index in [0.29, 0.717) is 6.54 Å². The second-order valence-electron chi connectivity index (χ2n) is 4.34. The second kappa shape index (κ2) is 9.37. The SMILES string of the molecule is CCNC(=NCc1ncnn1C)NCCn1cccc1.I. The largest absolute Gasteiger partial charge is 0.357 e. The zero-order chi connectivity index (χ0) is 14.2. The first-order valence-electron chi connectivity index (χ1n) is 6.75. The van der Waals surface area contributed by atoms with E-state index < -0.39 is 0 Å². The van der Waals surface area contributed by atoms with Gasteiger partial charge in [0.05, 0.1) is 0 Å². The molecule has 8 heteroatoms. The molecule has 2 aromatic rings. The number of aryl methyl sites for hydroxylation is 1. The van der Waals surface area contributed by atoms with E-state index in [2.05, 4.69) is 30.3 Å². The molecule has 0 aliphatic carbocycles. The van der Waals surface area contributed by atoms with Gasteiger partial charge in [-0.2, -0.15) is 5.10 Å². The molecule has 0 aliphatic rings. The Morgan fingerprint density at radius 1 is 1.29 bits per heavy atom. The molecule has 2 rings (SSSR count). The van der Waals surface area contributed by atoms with Crippen molar-refractivity contribution >= 4 is 29.9 Å². The van der Waals surface area contributed by atoms with E-state index in [1.54, 1.807) is 4.68 Å². The maximum absolute atomic E-state index is 4.50. The lowest BCUT2D eigenvalue weighted by Crippen LogP contribution is -2.38. The molecule has 116 valence electrons. The van der Waals surface area contributed by atoms with E-state index in [4.69, 9.17) is 0 Å². The predicted octanol–water partition coefficient (Wildman–Crippen LogP) is 0.990. The van der Waals surface area contributed by atoms with Crippen LogP contribution in [-0.4, -0.2) is 38.4 Å². The van der Waals surface area contributed by atoms with Crippen LogP contribution in [0.5, 0.6) is 0 Å². The molecule has 0 spiro atoms. The van der Waals surface area contributed by atoms with Crippen LogP contribution in [0, 0.1) is 0 Å². The maximum atomic E-state index is 4.50. The minimum Gasteiger partial charge on any atom is -0.357 e. The molecule has 0 fully saturated rings. The van der Waals surface area contributed by atoms with Crippen LogP contribution in [0.2, 0.25) is 0 Å². The van der Waals surface area contributed by atoms with Gasteiger partial charge >= 0.3 is 0 Å². The van der Waals surface area contributed by atoms with E-state index in [9.17, 15) is 0 Å². The molecular weight excluding hydrogens is 381 g/mol. The minimum atomic E-state index is 0. The highest BCUT2D eigenvalue weighted by atomic mass is 127. The van der Waals surface area contributed by atoms with Gasteiger partial charge in [0.1, 0.15) is 18.7 Å². The lowest BCUT2D eigenvalue weighted by molar-refractivity contribution is 0.661. The van der Waals surface area contributed by atoms with Crippen LogP contribution < -0.4 is 10.6 Å². The van der Waals surface area contributed by atoms with Gasteiger partial charge in [0.25, 0.3) is 0 Å². The number of guanidine groups is 1. The maximum Gasteiger partial charge on any atom is 0.191 e. The van der Waals surface area contributed by atoms with Crippen LogP contribution in [0.4, 0.5) is 0 Å². The fourth-order valence-corrected chi connectivity index (χ4v) is 1.78. The van der Waals surface area contributed by atoms with E-state index in [1.807, 2.05) is 38.5 Å². The summed E-state index contributed by atoms with van der Waals surface area (Å²) in [7, 11) is 1.87. The molecule has 0 bridgehead atoms. The van der Waals surface area contributed by atoms with Gasteiger partial charge in [-0.05, 0) is 19.1 Å². The second-order valence-corrected chi connectivity index (χ2v) is 4.34. The van der Waals surface area contributed by atoms with Gasteiger partial charge in [-0.25, -0.2) is 9.98 Å². The van der Waals surface area contributed by atoms with E-state index in [-0.39, 0.29) is 24.0 Å². The van der Waals surface area contributed by atoms with Gasteiger partial charge in [-0.1, -0.05) is 0 Å². The van der Waals surface area contributed by atoms with Gasteiger partial charge in [0.15, 0.2) is 5.96 Å². The Hall–Kier alpha value is -1.58. The zero-order valence-electron chi connectivity index (χ0n) is 12.4. The topological polar surface area (TPSA) is 72.1 Å². The molecule has 2 aromatic heterocycles. The Morgan fingerprint density at radius 2 is 2.05 bits per heavy atom. The van der Waals surface area contributed by atoms with Crippen LogP contribution in [0.15, 0.2) is 35.8 Å². The molecule has 0 atom stereocenters. The first-order chi connectivity index (χ1) is 9.79. The Bertz CT molecular complexity index is 532. The molecule has 21 heavy (non-hydrogen) atoms. The highest BCUT2D eigenvalue weighted by molar-refractivity contribution is 14.0. The van der Waals surface area contributed by atoms with Crippen LogP contribution in [-0.2, 0) is 20.1 Å². The van der Waals surface area contributed by atoms with Gasteiger partial charge in [0.2, 0.25) is 0 Å². The number of hydrogen-bond acceptors (Lipinski definition) is 3. The van der Waals surface area contributed by atoms with Crippen LogP contribution in [0.3, 0.4) is 0 Å². The molecule has 7 nitrogen and oxygen atoms in total. The average Bonchev–Trinajstić information content (AvgIpc) is 3.08. The molecule has 0 unspecified atom stereocenters. The Labute approximate surface area is 141 Å². The Morgan fingerprint density at radius 3 is 2.67 bits per heavy atom. The summed E-state index contributed by atoms with van der Waals surface area (Å²) in [5.74, 6) is 1.63. The number of nitrogens with one attached hydrogen (secondary N) is 2. The van der Waals surface area contributed by atoms with Crippen molar-refractivity contribution in [3.8, 4) is 0 Å². The summed E-state index contributed by atoms with van der Waals surface area (Å²) in [5, 5.41) is 10.5. The summed E-state index contributed by atoms with van der Waals surface area (Å²) in [6.45, 7) is 5.11. The fourth-order valence-electron chi connectivity index (χ4n) is 1.78. The van der Waals surface area contributed by atoms with Gasteiger partial charge in [-0.3, -0.25) is 4.68 Å². The summed E-state index contributed by atoms with van der Waals surface area (Å²) in [6.07, 6.45) is 5.63. The number of aromatic nitrogens is 4. The normalized spacial score (nSPS) is 11.0. The molecule has 2 N–H and O–H groups in total. The number of hydrogen-bond donors (Lipinski definition) is 2. The van der Waals surface area contributed by atoms with Crippen molar-refractivity contribution in [2.75, 3.05) is 13.1 Å². The quantitative estimate of drug-likeness (QED) is 0.429. The number of halogens is 1. The summed E-state index contributed by atoms with van der Waals surface area (Å²) < 4.78 is 3.85. The molecule has 0 amide bonds. The number of nitrogens with zero attached hydrogens (tertiary/aromatic N) is 5. The Kier molecular flexibility index (Phi) is 7.80. The minimum absolute atomic E-state index is 0. The fraction of sp³-hybridized carbons (Fsp3) is 0.462. The molecule has 0 aliphatic heterocycles. The molecule has 0 radical (unpaired) electrons. The summed E-state index contributed by atoms with van der Waals surface area (Å²) in [6, 6.07) is 4.04. The van der Waals surface area contributed by atoms with Crippen molar-refractivity contribution in [3.05, 3.63) is 36.7 Å². The van der Waals surface area contributed by atoms with Gasteiger partial charge < -0.3 is 15.2 Å². The van der Waals surface area contributed by atoms with Crippen molar-refractivity contribution < 1.29 is 0 Å². The van der Waals surface area contributed by atoms with Gasteiger partial charge in [-0.15, -0.1) is 24.0 Å². The monoisotopic (exact) mass is 403 g/mol. The highest BCUT2D eigenvalue weighted by Crippen LogP contribution is 1.93. The van der Waals surface area contributed by atoms with E-state index >= 15 is 0 Å². The van der Waals surface area contributed by atoms with Crippen molar-refractivity contribution in [3.63, 3.8) is 0 Å². The van der Waals surface area contributed by atoms with Crippen LogP contribution >= 0.6 is 24.0 Å². The van der Waals surface area contributed by atoms with Gasteiger partial charge in [0, 0.05) is 39.1 Å². The van der Waals surface area contributed by atoms with Crippen molar-refractivity contribution in [2.45, 2.75) is 20.0 Å². The number of rotatable bonds is 6. The summed E-state index contributed by atoms with van der Waals surface area (Å²) >= 11 is 0. The molecule has 0 saturated carbocycles. The third-order valence-electron chi connectivity index (χ3n) is 2.86. The summed E-state index contributed by atoms with van der Waals surface area (Å²) in [5.41, 5.74) is 0. The Balaban J connectivity index is 0.00000220. The molecule has 0 saturated heterocycles. The van der Waals surface area contributed by atoms with Crippen molar-refractivity contribution in [1.82, 2.24) is 30.0 Å². The highest BCUT2D eigenvalue weighted by Gasteiger charge is 2.01. The first-order valence-corrected chi connectivity index (χ1v) is 6.75. The van der Waals surface area contributed by atoms with Crippen molar-refractivity contribution in [1.29, 1.82) is 0 Å². The van der Waals surface area contributed by atoms with E-state index in [1.165, 1.54) is 6.33 Å². The first kappa shape index (κ1) is 17.5. The lowest BCUT2D eigenvalue weighted by Gasteiger charge is -2.11. The van der Waals surface area contributed by atoms with E-state index in [0.717, 1.165) is 31.4 Å². The zero-order valence-corrected chi connectivity index (χ0v) is 14.7. The van der Waals surface area contributed by atoms with Crippen LogP contribution in [0.25, 0.3) is 0 Å². The third-order valence-corrected chi connectivity index (χ3v) is 2.86. The molecular formula is C13H22IN7. The number of aliphatic imine (C=N–C) groups is 1. The molecule has 2 heterocycles.